The van der Waals surface area contributed by atoms with E-state index in [1.807, 2.05) is 42.5 Å². The molecule has 0 bridgehead atoms. The molecular formula is C35H39FO3. The number of aryl methyl sites for hydroxylation is 1. The molecule has 1 aliphatic carbocycles. The number of hydrogen-bond donors (Lipinski definition) is 1. The first-order valence-corrected chi connectivity index (χ1v) is 14.0. The Morgan fingerprint density at radius 1 is 0.949 bits per heavy atom. The molecule has 0 saturated heterocycles. The average Bonchev–Trinajstić information content (AvgIpc) is 2.98. The van der Waals surface area contributed by atoms with Gasteiger partial charge in [0, 0.05) is 5.56 Å². The van der Waals surface area contributed by atoms with Gasteiger partial charge in [0.2, 0.25) is 0 Å². The molecule has 0 aromatic heterocycles. The van der Waals surface area contributed by atoms with Crippen LogP contribution in [0.4, 0.5) is 4.39 Å². The second-order valence-electron chi connectivity index (χ2n) is 10.6. The molecule has 1 aliphatic rings. The van der Waals surface area contributed by atoms with Crippen molar-refractivity contribution in [1.29, 1.82) is 0 Å². The van der Waals surface area contributed by atoms with Gasteiger partial charge < -0.3 is 9.84 Å². The Bertz CT molecular complexity index is 1250. The molecule has 4 heteroatoms. The van der Waals surface area contributed by atoms with Crippen LogP contribution in [0.2, 0.25) is 0 Å². The van der Waals surface area contributed by atoms with Crippen molar-refractivity contribution in [1.82, 2.24) is 0 Å². The lowest BCUT2D eigenvalue weighted by atomic mass is 9.77. The van der Waals surface area contributed by atoms with E-state index in [2.05, 4.69) is 37.4 Å². The Labute approximate surface area is 232 Å². The summed E-state index contributed by atoms with van der Waals surface area (Å²) in [6, 6.07) is 22.0. The zero-order valence-electron chi connectivity index (χ0n) is 22.7. The molecule has 0 unspecified atom stereocenters. The van der Waals surface area contributed by atoms with E-state index in [0.717, 1.165) is 41.0 Å². The van der Waals surface area contributed by atoms with Crippen LogP contribution >= 0.6 is 0 Å². The lowest BCUT2D eigenvalue weighted by Gasteiger charge is -2.28. The summed E-state index contributed by atoms with van der Waals surface area (Å²) >= 11 is 0. The van der Waals surface area contributed by atoms with E-state index in [1.54, 1.807) is 6.07 Å². The maximum atomic E-state index is 15.2. The summed E-state index contributed by atoms with van der Waals surface area (Å²) in [6.07, 6.45) is 10.9. The molecule has 39 heavy (non-hydrogen) atoms. The van der Waals surface area contributed by atoms with Crippen LogP contribution in [-0.4, -0.2) is 24.3 Å². The number of aliphatic hydroxyl groups is 1. The van der Waals surface area contributed by atoms with Crippen molar-refractivity contribution in [2.75, 3.05) is 13.2 Å². The van der Waals surface area contributed by atoms with Gasteiger partial charge in [-0.25, -0.2) is 9.18 Å². The topological polar surface area (TPSA) is 46.5 Å². The summed E-state index contributed by atoms with van der Waals surface area (Å²) in [5, 5.41) is 8.90. The first kappa shape index (κ1) is 28.5. The number of carbonyl (C=O) groups is 1. The van der Waals surface area contributed by atoms with Crippen molar-refractivity contribution in [2.45, 2.75) is 57.3 Å². The highest BCUT2D eigenvalue weighted by Crippen LogP contribution is 2.38. The normalized spacial score (nSPS) is 17.0. The quantitative estimate of drug-likeness (QED) is 0.111. The lowest BCUT2D eigenvalue weighted by molar-refractivity contribution is -0.139. The number of hydrogen-bond acceptors (Lipinski definition) is 3. The van der Waals surface area contributed by atoms with E-state index in [4.69, 9.17) is 9.84 Å². The molecule has 1 N–H and O–H groups in total. The highest BCUT2D eigenvalue weighted by atomic mass is 19.1. The minimum Gasteiger partial charge on any atom is -0.462 e. The molecule has 0 radical (unpaired) electrons. The van der Waals surface area contributed by atoms with Gasteiger partial charge >= 0.3 is 5.97 Å². The van der Waals surface area contributed by atoms with Gasteiger partial charge in [0.1, 0.15) is 5.82 Å². The smallest absolute Gasteiger partial charge is 0.335 e. The molecule has 0 heterocycles. The van der Waals surface area contributed by atoms with Crippen molar-refractivity contribution in [3.63, 3.8) is 0 Å². The van der Waals surface area contributed by atoms with Crippen LogP contribution in [-0.2, 0) is 16.0 Å². The Hall–Kier alpha value is -3.50. The summed E-state index contributed by atoms with van der Waals surface area (Å²) < 4.78 is 20.2. The summed E-state index contributed by atoms with van der Waals surface area (Å²) in [6.45, 7) is 7.16. The van der Waals surface area contributed by atoms with Gasteiger partial charge in [0.15, 0.2) is 0 Å². The molecule has 0 atom stereocenters. The maximum absolute atomic E-state index is 15.2. The van der Waals surface area contributed by atoms with Crippen molar-refractivity contribution >= 4 is 5.97 Å². The van der Waals surface area contributed by atoms with E-state index in [1.165, 1.54) is 37.7 Å². The number of halogens is 1. The minimum atomic E-state index is -0.569. The predicted molar refractivity (Wildman–Crippen MR) is 157 cm³/mol. The third kappa shape index (κ3) is 7.77. The van der Waals surface area contributed by atoms with Gasteiger partial charge in [-0.1, -0.05) is 73.3 Å². The van der Waals surface area contributed by atoms with Crippen LogP contribution in [0, 0.1) is 11.7 Å². The van der Waals surface area contributed by atoms with Crippen LogP contribution in [0.15, 0.2) is 91.5 Å². The third-order valence-corrected chi connectivity index (χ3v) is 7.90. The van der Waals surface area contributed by atoms with E-state index in [-0.39, 0.29) is 18.0 Å². The monoisotopic (exact) mass is 526 g/mol. The molecule has 0 spiro atoms. The molecule has 3 aromatic carbocycles. The fourth-order valence-electron chi connectivity index (χ4n) is 5.47. The Balaban J connectivity index is 1.32. The van der Waals surface area contributed by atoms with Gasteiger partial charge in [-0.3, -0.25) is 0 Å². The SMILES string of the molecule is C=CCCC1CCC(c2ccc(-c3ccc(-c4ccc(CCCOC(=O)C(=C)CO)cc4)c(F)c3)cc2)CC1. The van der Waals surface area contributed by atoms with Gasteiger partial charge in [0.25, 0.3) is 0 Å². The standard InChI is InChI=1S/C35H39FO3/c1-3-4-6-26-8-12-28(13-9-26)29-16-18-30(19-17-29)32-20-21-33(34(36)23-32)31-14-10-27(11-15-31)7-5-22-39-35(38)25(2)24-37/h3,10-11,14-21,23,26,28,37H,1-2,4-9,12-13,22,24H2. The molecule has 0 amide bonds. The van der Waals surface area contributed by atoms with Crippen LogP contribution in [0.5, 0.6) is 0 Å². The number of carbonyl (C=O) groups excluding carboxylic acids is 1. The molecular weight excluding hydrogens is 487 g/mol. The molecule has 4 rings (SSSR count). The first-order chi connectivity index (χ1) is 19.0. The number of benzene rings is 3. The lowest BCUT2D eigenvalue weighted by Crippen LogP contribution is -2.13. The van der Waals surface area contributed by atoms with Gasteiger partial charge in [-0.05, 0) is 97.1 Å². The highest BCUT2D eigenvalue weighted by molar-refractivity contribution is 5.87. The number of aliphatic hydroxyl groups excluding tert-OH is 1. The van der Waals surface area contributed by atoms with E-state index >= 15 is 4.39 Å². The van der Waals surface area contributed by atoms with Crippen molar-refractivity contribution < 1.29 is 19.0 Å². The Morgan fingerprint density at radius 3 is 2.26 bits per heavy atom. The molecule has 204 valence electrons. The Kier molecular flexibility index (Phi) is 10.3. The first-order valence-electron chi connectivity index (χ1n) is 14.0. The highest BCUT2D eigenvalue weighted by Gasteiger charge is 2.22. The largest absolute Gasteiger partial charge is 0.462 e. The van der Waals surface area contributed by atoms with Crippen LogP contribution in [0.25, 0.3) is 22.3 Å². The minimum absolute atomic E-state index is 0.0529. The van der Waals surface area contributed by atoms with E-state index in [9.17, 15) is 4.79 Å². The predicted octanol–water partition coefficient (Wildman–Crippen LogP) is 8.42. The fourth-order valence-corrected chi connectivity index (χ4v) is 5.47. The van der Waals surface area contributed by atoms with Crippen molar-refractivity contribution in [3.8, 4) is 22.3 Å². The third-order valence-electron chi connectivity index (χ3n) is 7.90. The van der Waals surface area contributed by atoms with Gasteiger partial charge in [-0.2, -0.15) is 0 Å². The van der Waals surface area contributed by atoms with Crippen molar-refractivity contribution in [3.05, 3.63) is 108 Å². The molecule has 3 aromatic rings. The second kappa shape index (κ2) is 14.0. The van der Waals surface area contributed by atoms with Crippen LogP contribution in [0.3, 0.4) is 0 Å². The van der Waals surface area contributed by atoms with Crippen LogP contribution in [0.1, 0.15) is 62.0 Å². The zero-order chi connectivity index (χ0) is 27.6. The molecule has 1 saturated carbocycles. The summed E-state index contributed by atoms with van der Waals surface area (Å²) in [4.78, 5) is 11.5. The van der Waals surface area contributed by atoms with Gasteiger partial charge in [0.05, 0.1) is 18.8 Å². The number of ether oxygens (including phenoxy) is 1. The van der Waals surface area contributed by atoms with E-state index in [0.29, 0.717) is 17.9 Å². The molecule has 3 nitrogen and oxygen atoms in total. The maximum Gasteiger partial charge on any atom is 0.335 e. The fraction of sp³-hybridized carbons (Fsp3) is 0.343. The van der Waals surface area contributed by atoms with E-state index < -0.39 is 12.6 Å². The number of allylic oxidation sites excluding steroid dienone is 1. The molecule has 0 aliphatic heterocycles. The van der Waals surface area contributed by atoms with Gasteiger partial charge in [-0.15, -0.1) is 6.58 Å². The Morgan fingerprint density at radius 2 is 1.62 bits per heavy atom. The average molecular weight is 527 g/mol. The summed E-state index contributed by atoms with van der Waals surface area (Å²) in [5.41, 5.74) is 5.84. The number of esters is 1. The summed E-state index contributed by atoms with van der Waals surface area (Å²) in [5.74, 6) is 0.660. The molecule has 1 fully saturated rings. The van der Waals surface area contributed by atoms with Crippen molar-refractivity contribution in [2.24, 2.45) is 5.92 Å². The zero-order valence-corrected chi connectivity index (χ0v) is 22.7. The summed E-state index contributed by atoms with van der Waals surface area (Å²) in [7, 11) is 0. The second-order valence-corrected chi connectivity index (χ2v) is 10.6. The van der Waals surface area contributed by atoms with Crippen LogP contribution < -0.4 is 0 Å². The number of rotatable bonds is 12.